The highest BCUT2D eigenvalue weighted by molar-refractivity contribution is 7.79. The van der Waals surface area contributed by atoms with Crippen LogP contribution in [0.1, 0.15) is 17.0 Å². The van der Waals surface area contributed by atoms with Crippen LogP contribution in [0.2, 0.25) is 0 Å². The van der Waals surface area contributed by atoms with E-state index < -0.39 is 11.1 Å². The Morgan fingerprint density at radius 1 is 1.29 bits per heavy atom. The van der Waals surface area contributed by atoms with Gasteiger partial charge >= 0.3 is 0 Å². The van der Waals surface area contributed by atoms with Crippen LogP contribution in [0.4, 0.5) is 0 Å². The zero-order valence-electron chi connectivity index (χ0n) is 9.81. The van der Waals surface area contributed by atoms with Gasteiger partial charge in [-0.3, -0.25) is 4.21 Å². The van der Waals surface area contributed by atoms with Crippen molar-refractivity contribution in [2.45, 2.75) is 25.7 Å². The van der Waals surface area contributed by atoms with Gasteiger partial charge in [0, 0.05) is 10.5 Å². The Labute approximate surface area is 102 Å². The van der Waals surface area contributed by atoms with Crippen molar-refractivity contribution in [2.75, 3.05) is 0 Å². The lowest BCUT2D eigenvalue weighted by Gasteiger charge is -2.11. The zero-order valence-corrected chi connectivity index (χ0v) is 10.6. The second-order valence-electron chi connectivity index (χ2n) is 3.91. The lowest BCUT2D eigenvalue weighted by atomic mass is 10.0. The summed E-state index contributed by atoms with van der Waals surface area (Å²) in [4.78, 5) is 0.308. The van der Waals surface area contributed by atoms with Gasteiger partial charge in [0.25, 0.3) is 0 Å². The van der Waals surface area contributed by atoms with Crippen molar-refractivity contribution in [1.29, 1.82) is 0 Å². The molecule has 1 aromatic carbocycles. The first-order chi connectivity index (χ1) is 8.00. The minimum atomic E-state index is -2.23. The van der Waals surface area contributed by atoms with Gasteiger partial charge in [0.2, 0.25) is 0 Å². The summed E-state index contributed by atoms with van der Waals surface area (Å²) in [5, 5.41) is 3.86. The molecule has 1 unspecified atom stereocenters. The average Bonchev–Trinajstić information content (AvgIpc) is 2.59. The quantitative estimate of drug-likeness (QED) is 0.768. The number of hydrogen-bond acceptors (Lipinski definition) is 4. The van der Waals surface area contributed by atoms with Crippen molar-refractivity contribution >= 4 is 11.1 Å². The Morgan fingerprint density at radius 3 is 2.53 bits per heavy atom. The fourth-order valence-corrected chi connectivity index (χ4v) is 2.38. The van der Waals surface area contributed by atoms with Gasteiger partial charge in [-0.25, -0.2) is 0 Å². The molecule has 0 radical (unpaired) electrons. The maximum Gasteiger partial charge on any atom is 0.141 e. The van der Waals surface area contributed by atoms with Crippen LogP contribution in [0.3, 0.4) is 0 Å². The lowest BCUT2D eigenvalue weighted by molar-refractivity contribution is 0.393. The van der Waals surface area contributed by atoms with Crippen LogP contribution >= 0.6 is 0 Å². The monoisotopic (exact) mass is 250 g/mol. The van der Waals surface area contributed by atoms with Crippen LogP contribution in [-0.2, 0) is 11.1 Å². The SMILES string of the molecule is Cc1ccc(-c2c(C)noc2C)cc1S(=O)[O-]. The van der Waals surface area contributed by atoms with Crippen LogP contribution in [0.15, 0.2) is 27.6 Å². The highest BCUT2D eigenvalue weighted by Crippen LogP contribution is 2.29. The minimum absolute atomic E-state index is 0.308. The van der Waals surface area contributed by atoms with E-state index in [9.17, 15) is 8.76 Å². The molecule has 0 aliphatic carbocycles. The predicted molar refractivity (Wildman–Crippen MR) is 63.3 cm³/mol. The number of aryl methyl sites for hydroxylation is 3. The molecule has 2 aromatic rings. The Hall–Kier alpha value is -1.46. The Morgan fingerprint density at radius 2 is 2.00 bits per heavy atom. The number of rotatable bonds is 2. The third-order valence-electron chi connectivity index (χ3n) is 2.69. The smallest absolute Gasteiger partial charge is 0.141 e. The molecule has 0 aliphatic heterocycles. The maximum atomic E-state index is 11.1. The molecule has 4 nitrogen and oxygen atoms in total. The van der Waals surface area contributed by atoms with Crippen molar-refractivity contribution < 1.29 is 13.3 Å². The predicted octanol–water partition coefficient (Wildman–Crippen LogP) is 2.50. The summed E-state index contributed by atoms with van der Waals surface area (Å²) in [6.45, 7) is 5.41. The van der Waals surface area contributed by atoms with Gasteiger partial charge in [-0.2, -0.15) is 0 Å². The van der Waals surface area contributed by atoms with Crippen LogP contribution in [0.25, 0.3) is 11.1 Å². The van der Waals surface area contributed by atoms with Crippen LogP contribution in [0.5, 0.6) is 0 Å². The zero-order chi connectivity index (χ0) is 12.6. The maximum absolute atomic E-state index is 11.1. The Bertz CT molecular complexity index is 570. The van der Waals surface area contributed by atoms with Crippen LogP contribution in [0, 0.1) is 20.8 Å². The number of benzene rings is 1. The molecule has 0 N–H and O–H groups in total. The molecule has 1 atom stereocenters. The topological polar surface area (TPSA) is 66.2 Å². The lowest BCUT2D eigenvalue weighted by Crippen LogP contribution is -1.94. The summed E-state index contributed by atoms with van der Waals surface area (Å²) < 4.78 is 27.2. The van der Waals surface area contributed by atoms with E-state index in [0.29, 0.717) is 10.7 Å². The second kappa shape index (κ2) is 4.43. The van der Waals surface area contributed by atoms with Gasteiger partial charge in [0.1, 0.15) is 5.76 Å². The van der Waals surface area contributed by atoms with E-state index in [4.69, 9.17) is 4.52 Å². The standard InChI is InChI=1S/C12H13NO3S/c1-7-4-5-10(6-11(7)17(14)15)12-8(2)13-16-9(12)3/h4-6H,1-3H3,(H,14,15)/p-1. The Kier molecular flexibility index (Phi) is 3.13. The Balaban J connectivity index is 2.62. The molecule has 1 aromatic heterocycles. The van der Waals surface area contributed by atoms with Crippen molar-refractivity contribution in [1.82, 2.24) is 5.16 Å². The molecule has 0 bridgehead atoms. The normalized spacial score (nSPS) is 12.7. The summed E-state index contributed by atoms with van der Waals surface area (Å²) in [5.41, 5.74) is 3.16. The fourth-order valence-electron chi connectivity index (χ4n) is 1.83. The van der Waals surface area contributed by atoms with E-state index >= 15 is 0 Å². The second-order valence-corrected chi connectivity index (χ2v) is 4.82. The summed E-state index contributed by atoms with van der Waals surface area (Å²) in [6, 6.07) is 5.30. The molecule has 90 valence electrons. The first-order valence-electron chi connectivity index (χ1n) is 5.14. The molecule has 0 amide bonds. The van der Waals surface area contributed by atoms with E-state index in [1.807, 2.05) is 19.9 Å². The molecule has 17 heavy (non-hydrogen) atoms. The van der Waals surface area contributed by atoms with Crippen LogP contribution in [-0.4, -0.2) is 13.9 Å². The van der Waals surface area contributed by atoms with Crippen molar-refractivity contribution in [3.63, 3.8) is 0 Å². The van der Waals surface area contributed by atoms with Crippen molar-refractivity contribution in [2.24, 2.45) is 0 Å². The van der Waals surface area contributed by atoms with Crippen LogP contribution < -0.4 is 0 Å². The molecule has 5 heteroatoms. The summed E-state index contributed by atoms with van der Waals surface area (Å²) in [6.07, 6.45) is 0. The van der Waals surface area contributed by atoms with E-state index in [-0.39, 0.29) is 0 Å². The average molecular weight is 250 g/mol. The number of hydrogen-bond donors (Lipinski definition) is 0. The van der Waals surface area contributed by atoms with E-state index in [0.717, 1.165) is 22.4 Å². The van der Waals surface area contributed by atoms with Gasteiger partial charge in [0.15, 0.2) is 0 Å². The third-order valence-corrected chi connectivity index (χ3v) is 3.49. The summed E-state index contributed by atoms with van der Waals surface area (Å²) >= 11 is -2.23. The van der Waals surface area contributed by atoms with Gasteiger partial charge in [-0.05, 0) is 49.0 Å². The van der Waals surface area contributed by atoms with Gasteiger partial charge in [0.05, 0.1) is 5.69 Å². The largest absolute Gasteiger partial charge is 0.768 e. The van der Waals surface area contributed by atoms with Gasteiger partial charge < -0.3 is 9.08 Å². The highest BCUT2D eigenvalue weighted by atomic mass is 32.2. The molecule has 2 rings (SSSR count). The molecule has 0 saturated carbocycles. The molecule has 0 fully saturated rings. The molecule has 0 aliphatic rings. The number of nitrogens with zero attached hydrogens (tertiary/aromatic N) is 1. The minimum Gasteiger partial charge on any atom is -0.768 e. The first-order valence-corrected chi connectivity index (χ1v) is 6.21. The third kappa shape index (κ3) is 2.16. The molecule has 1 heterocycles. The van der Waals surface area contributed by atoms with E-state index in [1.54, 1.807) is 19.1 Å². The van der Waals surface area contributed by atoms with E-state index in [2.05, 4.69) is 5.16 Å². The molecular weight excluding hydrogens is 238 g/mol. The molecule has 0 saturated heterocycles. The fraction of sp³-hybridized carbons (Fsp3) is 0.250. The summed E-state index contributed by atoms with van der Waals surface area (Å²) in [7, 11) is 0. The van der Waals surface area contributed by atoms with Crippen molar-refractivity contribution in [3.05, 3.63) is 35.2 Å². The number of aromatic nitrogens is 1. The van der Waals surface area contributed by atoms with Gasteiger partial charge in [-0.15, -0.1) is 0 Å². The first kappa shape index (κ1) is 12.0. The highest BCUT2D eigenvalue weighted by Gasteiger charge is 2.12. The van der Waals surface area contributed by atoms with Gasteiger partial charge in [-0.1, -0.05) is 17.3 Å². The van der Waals surface area contributed by atoms with E-state index in [1.165, 1.54) is 0 Å². The van der Waals surface area contributed by atoms with Crippen molar-refractivity contribution in [3.8, 4) is 11.1 Å². The molecule has 0 spiro atoms. The molecular formula is C12H12NO3S-. The summed E-state index contributed by atoms with van der Waals surface area (Å²) in [5.74, 6) is 0.689.